The molecule has 0 radical (unpaired) electrons. The minimum absolute atomic E-state index is 0.0897. The van der Waals surface area contributed by atoms with Crippen molar-refractivity contribution in [3.8, 4) is 0 Å². The third-order valence-electron chi connectivity index (χ3n) is 8.32. The van der Waals surface area contributed by atoms with Crippen molar-refractivity contribution in [2.75, 3.05) is 21.1 Å². The van der Waals surface area contributed by atoms with Crippen LogP contribution >= 0.6 is 0 Å². The second-order valence-electron chi connectivity index (χ2n) is 12.1. The highest BCUT2D eigenvalue weighted by atomic mass is 16.2. The Bertz CT molecular complexity index is 1790. The predicted molar refractivity (Wildman–Crippen MR) is 179 cm³/mol. The quantitative estimate of drug-likeness (QED) is 0.188. The molecule has 7 nitrogen and oxygen atoms in total. The predicted octanol–water partition coefficient (Wildman–Crippen LogP) is 5.65. The van der Waals surface area contributed by atoms with Gasteiger partial charge in [0.1, 0.15) is 5.54 Å². The molecule has 0 spiro atoms. The van der Waals surface area contributed by atoms with Gasteiger partial charge >= 0.3 is 0 Å². The number of nitrogens with zero attached hydrogens (tertiary/aromatic N) is 3. The number of carbonyl (C=O) groups is 3. The SMILES string of the molecule is CN(C)C(=O)C(=C=Cc1ccccc1)N(C)C(=O)C(C)(Cc1ccc2ccccc2c1)N(C(=O)c1cccc(CN)c1)C1CC1. The van der Waals surface area contributed by atoms with E-state index in [0.29, 0.717) is 12.1 Å². The average molecular weight is 601 g/mol. The fourth-order valence-electron chi connectivity index (χ4n) is 5.78. The zero-order valence-corrected chi connectivity index (χ0v) is 26.4. The fraction of sp³-hybridized carbons (Fsp3) is 0.263. The van der Waals surface area contributed by atoms with Gasteiger partial charge in [0.05, 0.1) is 0 Å². The van der Waals surface area contributed by atoms with E-state index in [1.54, 1.807) is 44.3 Å². The Labute approximate surface area is 265 Å². The van der Waals surface area contributed by atoms with Gasteiger partial charge < -0.3 is 20.4 Å². The summed E-state index contributed by atoms with van der Waals surface area (Å²) in [5.41, 5.74) is 10.8. The van der Waals surface area contributed by atoms with Crippen molar-refractivity contribution in [1.82, 2.24) is 14.7 Å². The van der Waals surface area contributed by atoms with Crippen LogP contribution in [0.4, 0.5) is 0 Å². The van der Waals surface area contributed by atoms with Gasteiger partial charge in [0.25, 0.3) is 17.7 Å². The normalized spacial score (nSPS) is 13.7. The zero-order chi connectivity index (χ0) is 32.1. The number of rotatable bonds is 10. The summed E-state index contributed by atoms with van der Waals surface area (Å²) < 4.78 is 0. The lowest BCUT2D eigenvalue weighted by Gasteiger charge is -2.43. The third-order valence-corrected chi connectivity index (χ3v) is 8.32. The second-order valence-corrected chi connectivity index (χ2v) is 12.1. The van der Waals surface area contributed by atoms with E-state index in [1.165, 1.54) is 9.80 Å². The van der Waals surface area contributed by atoms with Crippen molar-refractivity contribution < 1.29 is 14.4 Å². The Kier molecular flexibility index (Phi) is 9.33. The molecule has 0 heterocycles. The monoisotopic (exact) mass is 600 g/mol. The number of benzene rings is 4. The van der Waals surface area contributed by atoms with E-state index in [2.05, 4.69) is 11.8 Å². The summed E-state index contributed by atoms with van der Waals surface area (Å²) in [6.07, 6.45) is 3.54. The number of likely N-dealkylation sites (N-methyl/N-ethyl adjacent to an activating group) is 2. The summed E-state index contributed by atoms with van der Waals surface area (Å²) in [7, 11) is 4.88. The molecule has 1 fully saturated rings. The van der Waals surface area contributed by atoms with Gasteiger partial charge in [0, 0.05) is 45.7 Å². The van der Waals surface area contributed by atoms with Gasteiger partial charge in [-0.2, -0.15) is 0 Å². The van der Waals surface area contributed by atoms with Crippen LogP contribution in [-0.2, 0) is 22.6 Å². The van der Waals surface area contributed by atoms with Crippen molar-refractivity contribution in [1.29, 1.82) is 0 Å². The highest BCUT2D eigenvalue weighted by Crippen LogP contribution is 2.38. The molecule has 1 aliphatic carbocycles. The molecule has 45 heavy (non-hydrogen) atoms. The van der Waals surface area contributed by atoms with Crippen molar-refractivity contribution in [3.63, 3.8) is 0 Å². The molecule has 0 aliphatic heterocycles. The van der Waals surface area contributed by atoms with Crippen LogP contribution in [0.3, 0.4) is 0 Å². The van der Waals surface area contributed by atoms with Crippen molar-refractivity contribution in [3.05, 3.63) is 131 Å². The Hall–Kier alpha value is -4.97. The van der Waals surface area contributed by atoms with Crippen molar-refractivity contribution >= 4 is 34.6 Å². The van der Waals surface area contributed by atoms with Crippen LogP contribution in [-0.4, -0.2) is 65.1 Å². The van der Waals surface area contributed by atoms with Crippen molar-refractivity contribution in [2.24, 2.45) is 5.73 Å². The van der Waals surface area contributed by atoms with E-state index in [1.807, 2.05) is 85.8 Å². The van der Waals surface area contributed by atoms with Crippen LogP contribution in [0.1, 0.15) is 46.8 Å². The maximum absolute atomic E-state index is 14.9. The first-order chi connectivity index (χ1) is 21.6. The summed E-state index contributed by atoms with van der Waals surface area (Å²) in [5.74, 6) is -0.974. The maximum atomic E-state index is 14.9. The highest BCUT2D eigenvalue weighted by Gasteiger charge is 2.51. The lowest BCUT2D eigenvalue weighted by molar-refractivity contribution is -0.142. The molecule has 0 aromatic heterocycles. The van der Waals surface area contributed by atoms with Crippen LogP contribution in [0, 0.1) is 0 Å². The molecular formula is C38H40N4O3. The molecule has 4 aromatic rings. The number of carbonyl (C=O) groups excluding carboxylic acids is 3. The highest BCUT2D eigenvalue weighted by molar-refractivity contribution is 6.03. The van der Waals surface area contributed by atoms with Gasteiger partial charge in [0.2, 0.25) is 0 Å². The van der Waals surface area contributed by atoms with E-state index in [9.17, 15) is 14.4 Å². The summed E-state index contributed by atoms with van der Waals surface area (Å²) in [5, 5.41) is 2.14. The Morgan fingerprint density at radius 1 is 0.844 bits per heavy atom. The first kappa shape index (κ1) is 31.5. The van der Waals surface area contributed by atoms with Gasteiger partial charge in [0.15, 0.2) is 5.70 Å². The summed E-state index contributed by atoms with van der Waals surface area (Å²) in [4.78, 5) is 47.4. The molecule has 3 amide bonds. The summed E-state index contributed by atoms with van der Waals surface area (Å²) in [6.45, 7) is 2.12. The number of amides is 3. The number of hydrogen-bond acceptors (Lipinski definition) is 4. The smallest absolute Gasteiger partial charge is 0.278 e. The lowest BCUT2D eigenvalue weighted by atomic mass is 9.87. The molecule has 0 bridgehead atoms. The minimum atomic E-state index is -1.33. The number of nitrogens with two attached hydrogens (primary N) is 1. The molecular weight excluding hydrogens is 560 g/mol. The Balaban J connectivity index is 1.63. The van der Waals surface area contributed by atoms with Crippen LogP contribution in [0.5, 0.6) is 0 Å². The third kappa shape index (κ3) is 6.91. The van der Waals surface area contributed by atoms with E-state index in [-0.39, 0.29) is 35.9 Å². The lowest BCUT2D eigenvalue weighted by Crippen LogP contribution is -2.61. The topological polar surface area (TPSA) is 87.0 Å². The molecule has 1 atom stereocenters. The molecule has 2 N–H and O–H groups in total. The summed E-state index contributed by atoms with van der Waals surface area (Å²) >= 11 is 0. The zero-order valence-electron chi connectivity index (χ0n) is 26.4. The Morgan fingerprint density at radius 2 is 1.53 bits per heavy atom. The van der Waals surface area contributed by atoms with Crippen LogP contribution in [0.2, 0.25) is 0 Å². The van der Waals surface area contributed by atoms with Crippen molar-refractivity contribution in [2.45, 2.75) is 44.3 Å². The average Bonchev–Trinajstić information content (AvgIpc) is 3.89. The van der Waals surface area contributed by atoms with Crippen LogP contribution < -0.4 is 5.73 Å². The molecule has 230 valence electrons. The minimum Gasteiger partial charge on any atom is -0.343 e. The van der Waals surface area contributed by atoms with Gasteiger partial charge in [-0.3, -0.25) is 14.4 Å². The van der Waals surface area contributed by atoms with E-state index >= 15 is 0 Å². The molecule has 1 aliphatic rings. The molecule has 1 saturated carbocycles. The summed E-state index contributed by atoms with van der Waals surface area (Å²) in [6, 6.07) is 30.8. The van der Waals surface area contributed by atoms with E-state index in [4.69, 9.17) is 5.73 Å². The van der Waals surface area contributed by atoms with Gasteiger partial charge in [-0.15, -0.1) is 0 Å². The van der Waals surface area contributed by atoms with E-state index in [0.717, 1.165) is 40.3 Å². The van der Waals surface area contributed by atoms with Gasteiger partial charge in [-0.05, 0) is 65.4 Å². The van der Waals surface area contributed by atoms with Gasteiger partial charge in [-0.1, -0.05) is 90.7 Å². The molecule has 5 rings (SSSR count). The van der Waals surface area contributed by atoms with Crippen LogP contribution in [0.25, 0.3) is 16.8 Å². The van der Waals surface area contributed by atoms with E-state index < -0.39 is 5.54 Å². The fourth-order valence-corrected chi connectivity index (χ4v) is 5.78. The van der Waals surface area contributed by atoms with Crippen LogP contribution in [0.15, 0.2) is 108 Å². The molecule has 7 heteroatoms. The Morgan fingerprint density at radius 3 is 2.20 bits per heavy atom. The molecule has 0 saturated heterocycles. The second kappa shape index (κ2) is 13.3. The largest absolute Gasteiger partial charge is 0.343 e. The first-order valence-corrected chi connectivity index (χ1v) is 15.2. The number of hydrogen-bond donors (Lipinski definition) is 1. The molecule has 1 unspecified atom stereocenters. The molecule has 4 aromatic carbocycles. The maximum Gasteiger partial charge on any atom is 0.278 e. The first-order valence-electron chi connectivity index (χ1n) is 15.2. The number of fused-ring (bicyclic) bond motifs is 1. The van der Waals surface area contributed by atoms with Gasteiger partial charge in [-0.25, -0.2) is 0 Å². The standard InChI is InChI=1S/C38H40N4O3/c1-38(25-28-17-19-30-14-8-9-15-31(30)23-28,42(33-20-21-33)35(43)32-16-10-13-29(24-32)26-39)37(45)41(4)34(36(44)40(2)3)22-18-27-11-6-5-7-12-27/h5-19,23-24,33H,20-21,25-26,39H2,1-4H3.